The van der Waals surface area contributed by atoms with Crippen molar-refractivity contribution in [2.75, 3.05) is 6.54 Å². The average Bonchev–Trinajstić information content (AvgIpc) is 2.56. The minimum Gasteiger partial charge on any atom is -0.332 e. The molecule has 2 aromatic rings. The number of piperidine rings is 1. The molecular weight excluding hydrogens is 264 g/mol. The van der Waals surface area contributed by atoms with Crippen LogP contribution in [0.4, 0.5) is 0 Å². The Morgan fingerprint density at radius 3 is 2.62 bits per heavy atom. The number of amides is 1. The van der Waals surface area contributed by atoms with Gasteiger partial charge in [0.15, 0.2) is 0 Å². The Morgan fingerprint density at radius 1 is 1.10 bits per heavy atom. The average molecular weight is 282 g/mol. The lowest BCUT2D eigenvalue weighted by Crippen LogP contribution is -2.38. The molecule has 1 aliphatic rings. The van der Waals surface area contributed by atoms with E-state index in [1.165, 1.54) is 6.07 Å². The predicted molar refractivity (Wildman–Crippen MR) is 81.1 cm³/mol. The van der Waals surface area contributed by atoms with Gasteiger partial charge in [-0.25, -0.2) is 0 Å². The second-order valence-electron chi connectivity index (χ2n) is 5.36. The molecule has 0 saturated carbocycles. The maximum Gasteiger partial charge on any atom is 0.254 e. The molecule has 0 bridgehead atoms. The molecule has 1 amide bonds. The quantitative estimate of drug-likeness (QED) is 0.920. The number of hydrogen-bond donors (Lipinski definition) is 1. The van der Waals surface area contributed by atoms with Crippen molar-refractivity contribution in [3.63, 3.8) is 0 Å². The number of pyridine rings is 1. The summed E-state index contributed by atoms with van der Waals surface area (Å²) in [5.41, 5.74) is 1.60. The molecule has 3 rings (SSSR count). The number of likely N-dealkylation sites (tertiary alicyclic amines) is 1. The molecular formula is C17H18N2O2. The van der Waals surface area contributed by atoms with E-state index in [4.69, 9.17) is 0 Å². The van der Waals surface area contributed by atoms with Gasteiger partial charge in [0.05, 0.1) is 6.04 Å². The van der Waals surface area contributed by atoms with Crippen molar-refractivity contribution in [2.45, 2.75) is 25.3 Å². The van der Waals surface area contributed by atoms with Gasteiger partial charge in [-0.15, -0.1) is 0 Å². The minimum atomic E-state index is -0.115. The Labute approximate surface area is 123 Å². The SMILES string of the molecule is O=C(c1ccccc1)N1CCCC[C@H]1c1ccc(=O)[nH]c1. The van der Waals surface area contributed by atoms with Gasteiger partial charge in [0.2, 0.25) is 5.56 Å². The van der Waals surface area contributed by atoms with Crippen LogP contribution in [0.25, 0.3) is 0 Å². The van der Waals surface area contributed by atoms with E-state index in [-0.39, 0.29) is 17.5 Å². The molecule has 1 saturated heterocycles. The van der Waals surface area contributed by atoms with Gasteiger partial charge in [0.25, 0.3) is 5.91 Å². The maximum atomic E-state index is 12.7. The Morgan fingerprint density at radius 2 is 1.90 bits per heavy atom. The van der Waals surface area contributed by atoms with Crippen molar-refractivity contribution >= 4 is 5.91 Å². The first-order valence-electron chi connectivity index (χ1n) is 7.30. The number of aromatic amines is 1. The van der Waals surface area contributed by atoms with Gasteiger partial charge in [-0.2, -0.15) is 0 Å². The molecule has 1 aromatic heterocycles. The number of carbonyl (C=O) groups excluding carboxylic acids is 1. The van der Waals surface area contributed by atoms with E-state index in [0.29, 0.717) is 5.56 Å². The lowest BCUT2D eigenvalue weighted by molar-refractivity contribution is 0.0611. The van der Waals surface area contributed by atoms with E-state index in [0.717, 1.165) is 31.4 Å². The van der Waals surface area contributed by atoms with Gasteiger partial charge in [-0.1, -0.05) is 24.3 Å². The standard InChI is InChI=1S/C17H18N2O2/c20-16-10-9-14(12-18-16)15-8-4-5-11-19(15)17(21)13-6-2-1-3-7-13/h1-3,6-7,9-10,12,15H,4-5,8,11H2,(H,18,20)/t15-/m0/s1. The fraction of sp³-hybridized carbons (Fsp3) is 0.294. The van der Waals surface area contributed by atoms with Crippen molar-refractivity contribution in [3.05, 3.63) is 70.1 Å². The predicted octanol–water partition coefficient (Wildman–Crippen LogP) is 2.74. The highest BCUT2D eigenvalue weighted by Gasteiger charge is 2.28. The Hall–Kier alpha value is -2.36. The molecule has 1 N–H and O–H groups in total. The normalized spacial score (nSPS) is 18.5. The highest BCUT2D eigenvalue weighted by molar-refractivity contribution is 5.94. The molecule has 4 nitrogen and oxygen atoms in total. The van der Waals surface area contributed by atoms with Crippen LogP contribution in [0.5, 0.6) is 0 Å². The van der Waals surface area contributed by atoms with Crippen LogP contribution in [0.2, 0.25) is 0 Å². The Balaban J connectivity index is 1.89. The first-order chi connectivity index (χ1) is 10.3. The van der Waals surface area contributed by atoms with Gasteiger partial charge in [-0.3, -0.25) is 9.59 Å². The maximum absolute atomic E-state index is 12.7. The van der Waals surface area contributed by atoms with Crippen LogP contribution in [-0.4, -0.2) is 22.3 Å². The molecule has 1 atom stereocenters. The fourth-order valence-electron chi connectivity index (χ4n) is 2.90. The van der Waals surface area contributed by atoms with E-state index < -0.39 is 0 Å². The van der Waals surface area contributed by atoms with Crippen LogP contribution >= 0.6 is 0 Å². The molecule has 2 heterocycles. The summed E-state index contributed by atoms with van der Waals surface area (Å²) >= 11 is 0. The lowest BCUT2D eigenvalue weighted by Gasteiger charge is -2.36. The highest BCUT2D eigenvalue weighted by Crippen LogP contribution is 2.31. The van der Waals surface area contributed by atoms with Crippen LogP contribution in [0.1, 0.15) is 41.2 Å². The van der Waals surface area contributed by atoms with Crippen molar-refractivity contribution in [2.24, 2.45) is 0 Å². The van der Waals surface area contributed by atoms with Crippen LogP contribution in [0.15, 0.2) is 53.5 Å². The van der Waals surface area contributed by atoms with Gasteiger partial charge in [0, 0.05) is 24.4 Å². The number of nitrogens with zero attached hydrogens (tertiary/aromatic N) is 1. The molecule has 108 valence electrons. The van der Waals surface area contributed by atoms with Crippen molar-refractivity contribution in [3.8, 4) is 0 Å². The zero-order valence-corrected chi connectivity index (χ0v) is 11.8. The third kappa shape index (κ3) is 2.89. The number of rotatable bonds is 2. The molecule has 1 aromatic carbocycles. The zero-order valence-electron chi connectivity index (χ0n) is 11.8. The summed E-state index contributed by atoms with van der Waals surface area (Å²) in [7, 11) is 0. The van der Waals surface area contributed by atoms with Crippen LogP contribution < -0.4 is 5.56 Å². The molecule has 0 aliphatic carbocycles. The van der Waals surface area contributed by atoms with Crippen LogP contribution in [0, 0.1) is 0 Å². The molecule has 1 fully saturated rings. The third-order valence-electron chi connectivity index (χ3n) is 3.98. The van der Waals surface area contributed by atoms with Gasteiger partial charge in [0.1, 0.15) is 0 Å². The molecule has 1 aliphatic heterocycles. The summed E-state index contributed by atoms with van der Waals surface area (Å²) < 4.78 is 0. The van der Waals surface area contributed by atoms with E-state index >= 15 is 0 Å². The van der Waals surface area contributed by atoms with Crippen molar-refractivity contribution in [1.29, 1.82) is 0 Å². The van der Waals surface area contributed by atoms with Gasteiger partial charge in [-0.05, 0) is 37.0 Å². The Kier molecular flexibility index (Phi) is 3.86. The van der Waals surface area contributed by atoms with Crippen LogP contribution in [0.3, 0.4) is 0 Å². The molecule has 21 heavy (non-hydrogen) atoms. The number of nitrogens with one attached hydrogen (secondary N) is 1. The second kappa shape index (κ2) is 5.95. The smallest absolute Gasteiger partial charge is 0.254 e. The molecule has 0 unspecified atom stereocenters. The van der Waals surface area contributed by atoms with E-state index in [1.54, 1.807) is 6.20 Å². The summed E-state index contributed by atoms with van der Waals surface area (Å²) in [6.07, 6.45) is 4.79. The number of carbonyl (C=O) groups is 1. The fourth-order valence-corrected chi connectivity index (χ4v) is 2.90. The third-order valence-corrected chi connectivity index (χ3v) is 3.98. The van der Waals surface area contributed by atoms with Gasteiger partial charge < -0.3 is 9.88 Å². The summed E-state index contributed by atoms with van der Waals surface area (Å²) in [6.45, 7) is 0.761. The number of hydrogen-bond acceptors (Lipinski definition) is 2. The lowest BCUT2D eigenvalue weighted by atomic mass is 9.95. The topological polar surface area (TPSA) is 53.2 Å². The van der Waals surface area contributed by atoms with Crippen LogP contribution in [-0.2, 0) is 0 Å². The summed E-state index contributed by atoms with van der Waals surface area (Å²) in [6, 6.07) is 12.8. The molecule has 4 heteroatoms. The minimum absolute atomic E-state index is 0.0447. The van der Waals surface area contributed by atoms with Crippen molar-refractivity contribution in [1.82, 2.24) is 9.88 Å². The van der Waals surface area contributed by atoms with E-state index in [9.17, 15) is 9.59 Å². The monoisotopic (exact) mass is 282 g/mol. The summed E-state index contributed by atoms with van der Waals surface area (Å²) in [5.74, 6) is 0.0616. The molecule has 0 spiro atoms. The van der Waals surface area contributed by atoms with E-state index in [1.807, 2.05) is 41.3 Å². The zero-order chi connectivity index (χ0) is 14.7. The largest absolute Gasteiger partial charge is 0.332 e. The summed E-state index contributed by atoms with van der Waals surface area (Å²) in [4.78, 5) is 28.5. The van der Waals surface area contributed by atoms with E-state index in [2.05, 4.69) is 4.98 Å². The number of benzene rings is 1. The highest BCUT2D eigenvalue weighted by atomic mass is 16.2. The first-order valence-corrected chi connectivity index (χ1v) is 7.30. The second-order valence-corrected chi connectivity index (χ2v) is 5.36. The number of aromatic nitrogens is 1. The summed E-state index contributed by atoms with van der Waals surface area (Å²) in [5, 5.41) is 0. The van der Waals surface area contributed by atoms with Gasteiger partial charge >= 0.3 is 0 Å². The van der Waals surface area contributed by atoms with Crippen molar-refractivity contribution < 1.29 is 4.79 Å². The molecule has 0 radical (unpaired) electrons. The first kappa shape index (κ1) is 13.6. The Bertz CT molecular complexity index is 658. The number of H-pyrrole nitrogens is 1.